The molecule has 0 aliphatic carbocycles. The van der Waals surface area contributed by atoms with E-state index in [0.29, 0.717) is 0 Å². The lowest BCUT2D eigenvalue weighted by Crippen LogP contribution is -2.22. The van der Waals surface area contributed by atoms with Crippen LogP contribution >= 0.6 is 12.1 Å². The second-order valence-electron chi connectivity index (χ2n) is 7.15. The molecule has 0 saturated heterocycles. The van der Waals surface area contributed by atoms with E-state index in [9.17, 15) is 23.1 Å². The summed E-state index contributed by atoms with van der Waals surface area (Å²) in [5, 5.41) is 17.2. The Labute approximate surface area is 198 Å². The Morgan fingerprint density at radius 2 is 1.26 bits per heavy atom. The average Bonchev–Trinajstić information content (AvgIpc) is 2.83. The Morgan fingerprint density at radius 3 is 1.63 bits per heavy atom. The number of carboxylic acid groups (broad SMARTS) is 2. The van der Waals surface area contributed by atoms with Crippen LogP contribution in [0.25, 0.3) is 21.9 Å². The van der Waals surface area contributed by atoms with E-state index in [4.69, 9.17) is 28.5 Å². The van der Waals surface area contributed by atoms with E-state index >= 15 is 0 Å². The van der Waals surface area contributed by atoms with Gasteiger partial charge in [-0.2, -0.15) is 3.89 Å². The largest absolute Gasteiger partial charge is 0.491 e. The molecule has 0 saturated carbocycles. The van der Waals surface area contributed by atoms with Crippen LogP contribution in [0, 0.1) is 0 Å². The molecule has 0 aliphatic heterocycles. The van der Waals surface area contributed by atoms with Gasteiger partial charge >= 0.3 is 11.9 Å². The van der Waals surface area contributed by atoms with E-state index in [1.54, 1.807) is 0 Å². The molecule has 10 nitrogen and oxygen atoms in total. The molecule has 0 aliphatic rings. The van der Waals surface area contributed by atoms with Crippen LogP contribution in [-0.4, -0.2) is 40.6 Å². The Hall–Kier alpha value is -4.32. The van der Waals surface area contributed by atoms with Crippen LogP contribution in [0.3, 0.4) is 0 Å². The lowest BCUT2D eigenvalue weighted by atomic mass is 10.2. The number of hydrogen-bond acceptors (Lipinski definition) is 9. The molecule has 35 heavy (non-hydrogen) atoms. The number of benzene rings is 2. The SMILES string of the molecule is O=C(O)c1cc(=O)c2c(OCC(COc3cccc4oc(C(=O)O)cc(=O)c34)SF)cccc2o1. The maximum atomic E-state index is 13.6. The highest BCUT2D eigenvalue weighted by atomic mass is 32.2. The Balaban J connectivity index is 1.52. The van der Waals surface area contributed by atoms with Gasteiger partial charge in [0, 0.05) is 12.1 Å². The fourth-order valence-electron chi connectivity index (χ4n) is 3.27. The Bertz CT molecular complexity index is 1440. The number of ether oxygens (including phenoxy) is 2. The van der Waals surface area contributed by atoms with Gasteiger partial charge in [0.25, 0.3) is 0 Å². The minimum Gasteiger partial charge on any atom is -0.491 e. The summed E-state index contributed by atoms with van der Waals surface area (Å²) in [6.45, 7) is -0.494. The molecule has 0 amide bonds. The molecule has 180 valence electrons. The molecule has 2 heterocycles. The maximum absolute atomic E-state index is 13.6. The molecule has 4 rings (SSSR count). The minimum absolute atomic E-state index is 0.00178. The number of aromatic carboxylic acids is 2. The highest BCUT2D eigenvalue weighted by molar-refractivity contribution is 7.95. The van der Waals surface area contributed by atoms with Crippen molar-refractivity contribution < 1.29 is 42.0 Å². The molecule has 0 spiro atoms. The van der Waals surface area contributed by atoms with E-state index in [-0.39, 0.29) is 58.8 Å². The summed E-state index contributed by atoms with van der Waals surface area (Å²) in [7, 11) is 0. The molecule has 4 aromatic rings. The molecule has 2 aromatic heterocycles. The van der Waals surface area contributed by atoms with Gasteiger partial charge in [-0.1, -0.05) is 12.1 Å². The number of rotatable bonds is 9. The van der Waals surface area contributed by atoms with Crippen LogP contribution < -0.4 is 20.3 Å². The average molecular weight is 502 g/mol. The van der Waals surface area contributed by atoms with Crippen molar-refractivity contribution in [3.8, 4) is 11.5 Å². The van der Waals surface area contributed by atoms with Crippen molar-refractivity contribution in [1.82, 2.24) is 0 Å². The van der Waals surface area contributed by atoms with E-state index in [1.165, 1.54) is 36.4 Å². The van der Waals surface area contributed by atoms with Gasteiger partial charge in [0.1, 0.15) is 51.9 Å². The first kappa shape index (κ1) is 23.8. The van der Waals surface area contributed by atoms with Gasteiger partial charge in [-0.15, -0.1) is 0 Å². The van der Waals surface area contributed by atoms with Crippen LogP contribution in [-0.2, 0) is 0 Å². The predicted molar refractivity (Wildman–Crippen MR) is 122 cm³/mol. The third-order valence-corrected chi connectivity index (χ3v) is 5.35. The predicted octanol–water partition coefficient (Wildman–Crippen LogP) is 3.74. The van der Waals surface area contributed by atoms with Crippen LogP contribution in [0.4, 0.5) is 3.89 Å². The first-order valence-corrected chi connectivity index (χ1v) is 10.7. The lowest BCUT2D eigenvalue weighted by Gasteiger charge is -2.16. The fourth-order valence-corrected chi connectivity index (χ4v) is 3.51. The summed E-state index contributed by atoms with van der Waals surface area (Å²) in [4.78, 5) is 47.0. The van der Waals surface area contributed by atoms with Crippen molar-refractivity contribution in [2.75, 3.05) is 13.2 Å². The molecule has 0 radical (unpaired) electrons. The third kappa shape index (κ3) is 4.96. The van der Waals surface area contributed by atoms with Crippen molar-refractivity contribution in [3.63, 3.8) is 0 Å². The van der Waals surface area contributed by atoms with E-state index in [2.05, 4.69) is 0 Å². The monoisotopic (exact) mass is 502 g/mol. The van der Waals surface area contributed by atoms with Crippen molar-refractivity contribution in [3.05, 3.63) is 80.5 Å². The lowest BCUT2D eigenvalue weighted by molar-refractivity contribution is 0.0653. The number of hydrogen-bond donors (Lipinski definition) is 2. The van der Waals surface area contributed by atoms with Crippen molar-refractivity contribution in [2.45, 2.75) is 5.25 Å². The van der Waals surface area contributed by atoms with E-state index < -0.39 is 39.6 Å². The molecular formula is C23H15FO10S. The van der Waals surface area contributed by atoms with Crippen LogP contribution in [0.5, 0.6) is 11.5 Å². The van der Waals surface area contributed by atoms with Gasteiger partial charge in [-0.25, -0.2) is 9.59 Å². The summed E-state index contributed by atoms with van der Waals surface area (Å²) in [6.07, 6.45) is 0. The second kappa shape index (κ2) is 9.89. The van der Waals surface area contributed by atoms with Gasteiger partial charge in [-0.3, -0.25) is 9.59 Å². The summed E-state index contributed by atoms with van der Waals surface area (Å²) < 4.78 is 35.2. The molecule has 0 unspecified atom stereocenters. The Kier molecular flexibility index (Phi) is 6.73. The van der Waals surface area contributed by atoms with E-state index in [0.717, 1.165) is 12.1 Å². The summed E-state index contributed by atoms with van der Waals surface area (Å²) in [6, 6.07) is 10.3. The zero-order valence-corrected chi connectivity index (χ0v) is 18.4. The first-order valence-electron chi connectivity index (χ1n) is 9.92. The standard InChI is InChI=1S/C23H15FO10S/c24-35-11(9-31-14-3-1-5-16-20(14)12(25)7-18(33-16)22(27)28)10-32-15-4-2-6-17-21(15)13(26)8-19(34-17)23(29)30/h1-8,11H,9-10H2,(H,27,28)(H,29,30). The highest BCUT2D eigenvalue weighted by Gasteiger charge is 2.19. The topological polar surface area (TPSA) is 153 Å². The zero-order valence-electron chi connectivity index (χ0n) is 17.6. The van der Waals surface area contributed by atoms with Gasteiger partial charge in [0.2, 0.25) is 11.5 Å². The van der Waals surface area contributed by atoms with Crippen LogP contribution in [0.2, 0.25) is 0 Å². The molecule has 0 fully saturated rings. The summed E-state index contributed by atoms with van der Waals surface area (Å²) >= 11 is -0.0682. The van der Waals surface area contributed by atoms with Crippen molar-refractivity contribution >= 4 is 46.0 Å². The molecule has 2 N–H and O–H groups in total. The first-order chi connectivity index (χ1) is 16.8. The van der Waals surface area contributed by atoms with Gasteiger partial charge in [0.15, 0.2) is 10.9 Å². The number of halogens is 1. The number of carboxylic acids is 2. The third-order valence-electron chi connectivity index (χ3n) is 4.83. The fraction of sp³-hybridized carbons (Fsp3) is 0.130. The van der Waals surface area contributed by atoms with Crippen molar-refractivity contribution in [2.24, 2.45) is 0 Å². The highest BCUT2D eigenvalue weighted by Crippen LogP contribution is 2.27. The zero-order chi connectivity index (χ0) is 25.1. The Morgan fingerprint density at radius 1 is 0.829 bits per heavy atom. The van der Waals surface area contributed by atoms with Crippen molar-refractivity contribution in [1.29, 1.82) is 0 Å². The molecule has 12 heteroatoms. The van der Waals surface area contributed by atoms with E-state index in [1.807, 2.05) is 0 Å². The smallest absolute Gasteiger partial charge is 0.371 e. The molecule has 2 aromatic carbocycles. The molecular weight excluding hydrogens is 487 g/mol. The normalized spacial score (nSPS) is 11.1. The number of fused-ring (bicyclic) bond motifs is 2. The molecule has 0 bridgehead atoms. The van der Waals surface area contributed by atoms with Crippen LogP contribution in [0.15, 0.2) is 67.0 Å². The number of carbonyl (C=O) groups is 2. The van der Waals surface area contributed by atoms with Gasteiger partial charge < -0.3 is 28.5 Å². The second-order valence-corrected chi connectivity index (χ2v) is 8.00. The minimum atomic E-state index is -1.40. The van der Waals surface area contributed by atoms with Gasteiger partial charge in [-0.05, 0) is 24.3 Å². The molecule has 0 atom stereocenters. The summed E-state index contributed by atoms with van der Waals surface area (Å²) in [5.74, 6) is -3.72. The quantitative estimate of drug-likeness (QED) is 0.344. The van der Waals surface area contributed by atoms with Gasteiger partial charge in [0.05, 0.1) is 12.1 Å². The maximum Gasteiger partial charge on any atom is 0.371 e. The summed E-state index contributed by atoms with van der Waals surface area (Å²) in [5.41, 5.74) is -1.28. The van der Waals surface area contributed by atoms with Crippen LogP contribution in [0.1, 0.15) is 21.1 Å².